The third-order valence-electron chi connectivity index (χ3n) is 3.38. The number of carbonyl (C=O) groups excluding carboxylic acids is 1. The number of benzene rings is 1. The molecule has 1 saturated heterocycles. The second-order valence-corrected chi connectivity index (χ2v) is 4.72. The van der Waals surface area contributed by atoms with Gasteiger partial charge in [0.25, 0.3) is 5.91 Å². The van der Waals surface area contributed by atoms with Crippen LogP contribution >= 0.6 is 0 Å². The molecule has 1 fully saturated rings. The maximum Gasteiger partial charge on any atom is 0.251 e. The fourth-order valence-electron chi connectivity index (χ4n) is 2.30. The molecule has 1 aromatic carbocycles. The van der Waals surface area contributed by atoms with Crippen molar-refractivity contribution in [2.45, 2.75) is 25.3 Å². The summed E-state index contributed by atoms with van der Waals surface area (Å²) >= 11 is 0. The Kier molecular flexibility index (Phi) is 4.63. The Bertz CT molecular complexity index is 442. The van der Waals surface area contributed by atoms with Crippen LogP contribution in [0.3, 0.4) is 0 Å². The molecule has 0 radical (unpaired) electrons. The molecule has 5 nitrogen and oxygen atoms in total. The molecule has 19 heavy (non-hydrogen) atoms. The van der Waals surface area contributed by atoms with Crippen LogP contribution in [-0.2, 0) is 0 Å². The fraction of sp³-hybridized carbons (Fsp3) is 0.500. The largest absolute Gasteiger partial charge is 0.504 e. The summed E-state index contributed by atoms with van der Waals surface area (Å²) in [4.78, 5) is 11.9. The van der Waals surface area contributed by atoms with Crippen LogP contribution < -0.4 is 15.4 Å². The van der Waals surface area contributed by atoms with Gasteiger partial charge in [-0.15, -0.1) is 0 Å². The molecule has 1 amide bonds. The third kappa shape index (κ3) is 3.61. The number of phenolic OH excluding ortho intramolecular Hbond substituents is 1. The van der Waals surface area contributed by atoms with Gasteiger partial charge in [0.1, 0.15) is 0 Å². The first-order valence-corrected chi connectivity index (χ1v) is 6.59. The molecule has 0 saturated carbocycles. The summed E-state index contributed by atoms with van der Waals surface area (Å²) in [5.41, 5.74) is 0.442. The van der Waals surface area contributed by atoms with Crippen molar-refractivity contribution in [2.75, 3.05) is 20.2 Å². The normalized spacial score (nSPS) is 18.3. The molecule has 2 rings (SSSR count). The Balaban J connectivity index is 1.83. The van der Waals surface area contributed by atoms with Crippen molar-refractivity contribution in [1.82, 2.24) is 10.6 Å². The first kappa shape index (κ1) is 13.7. The topological polar surface area (TPSA) is 70.6 Å². The molecule has 1 aliphatic rings. The number of carbonyl (C=O) groups is 1. The predicted molar refractivity (Wildman–Crippen MR) is 72.6 cm³/mol. The van der Waals surface area contributed by atoms with Crippen LogP contribution in [-0.4, -0.2) is 37.3 Å². The monoisotopic (exact) mass is 264 g/mol. The lowest BCUT2D eigenvalue weighted by Crippen LogP contribution is -2.30. The number of aromatic hydroxyl groups is 1. The summed E-state index contributed by atoms with van der Waals surface area (Å²) in [6.45, 7) is 1.72. The molecule has 0 aromatic heterocycles. The average molecular weight is 264 g/mol. The molecule has 1 atom stereocenters. The molecule has 0 aliphatic carbocycles. The molecule has 1 heterocycles. The number of ether oxygens (including phenoxy) is 1. The van der Waals surface area contributed by atoms with E-state index in [1.54, 1.807) is 12.1 Å². The minimum atomic E-state index is -0.170. The minimum absolute atomic E-state index is 0.0207. The van der Waals surface area contributed by atoms with Crippen molar-refractivity contribution in [2.24, 2.45) is 0 Å². The summed E-state index contributed by atoms with van der Waals surface area (Å²) in [6.07, 6.45) is 3.33. The first-order valence-electron chi connectivity index (χ1n) is 6.59. The Morgan fingerprint density at radius 1 is 1.58 bits per heavy atom. The van der Waals surface area contributed by atoms with Gasteiger partial charge in [0.15, 0.2) is 11.5 Å². The molecule has 3 N–H and O–H groups in total. The SMILES string of the molecule is COc1ccc(C(=O)NCC[C@@H]2CCCN2)cc1O. The van der Waals surface area contributed by atoms with Gasteiger partial charge < -0.3 is 20.5 Å². The van der Waals surface area contributed by atoms with Crippen molar-refractivity contribution in [1.29, 1.82) is 0 Å². The van der Waals surface area contributed by atoms with E-state index in [4.69, 9.17) is 4.74 Å². The molecule has 1 aliphatic heterocycles. The second-order valence-electron chi connectivity index (χ2n) is 4.72. The van der Waals surface area contributed by atoms with Gasteiger partial charge in [0.2, 0.25) is 0 Å². The van der Waals surface area contributed by atoms with E-state index in [0.29, 0.717) is 23.9 Å². The maximum absolute atomic E-state index is 11.9. The van der Waals surface area contributed by atoms with Gasteiger partial charge in [-0.2, -0.15) is 0 Å². The van der Waals surface area contributed by atoms with Crippen LogP contribution in [0.25, 0.3) is 0 Å². The number of amides is 1. The van der Waals surface area contributed by atoms with E-state index >= 15 is 0 Å². The summed E-state index contributed by atoms with van der Waals surface area (Å²) in [7, 11) is 1.48. The summed E-state index contributed by atoms with van der Waals surface area (Å²) in [6, 6.07) is 5.16. The number of methoxy groups -OCH3 is 1. The molecule has 5 heteroatoms. The number of rotatable bonds is 5. The third-order valence-corrected chi connectivity index (χ3v) is 3.38. The van der Waals surface area contributed by atoms with Crippen molar-refractivity contribution in [3.05, 3.63) is 23.8 Å². The van der Waals surface area contributed by atoms with E-state index < -0.39 is 0 Å². The van der Waals surface area contributed by atoms with Gasteiger partial charge in [0, 0.05) is 18.2 Å². The zero-order chi connectivity index (χ0) is 13.7. The standard InChI is InChI=1S/C14H20N2O3/c1-19-13-5-4-10(9-12(13)17)14(18)16-8-6-11-3-2-7-15-11/h4-5,9,11,15,17H,2-3,6-8H2,1H3,(H,16,18)/t11-/m0/s1. The number of hydrogen-bond donors (Lipinski definition) is 3. The Morgan fingerprint density at radius 2 is 2.42 bits per heavy atom. The maximum atomic E-state index is 11.9. The van der Waals surface area contributed by atoms with Gasteiger partial charge in [-0.05, 0) is 44.0 Å². The summed E-state index contributed by atoms with van der Waals surface area (Å²) in [5.74, 6) is 0.176. The predicted octanol–water partition coefficient (Wildman–Crippen LogP) is 1.27. The van der Waals surface area contributed by atoms with E-state index in [1.165, 1.54) is 26.0 Å². The van der Waals surface area contributed by atoms with Crippen LogP contribution in [0.1, 0.15) is 29.6 Å². The van der Waals surface area contributed by atoms with Crippen LogP contribution in [0.4, 0.5) is 0 Å². The van der Waals surface area contributed by atoms with Gasteiger partial charge >= 0.3 is 0 Å². The van der Waals surface area contributed by atoms with Crippen LogP contribution in [0, 0.1) is 0 Å². The summed E-state index contributed by atoms with van der Waals surface area (Å²) in [5, 5.41) is 15.9. The lowest BCUT2D eigenvalue weighted by Gasteiger charge is -2.11. The van der Waals surface area contributed by atoms with E-state index in [0.717, 1.165) is 13.0 Å². The smallest absolute Gasteiger partial charge is 0.251 e. The Hall–Kier alpha value is -1.75. The van der Waals surface area contributed by atoms with Crippen molar-refractivity contribution < 1.29 is 14.6 Å². The van der Waals surface area contributed by atoms with E-state index in [1.807, 2.05) is 0 Å². The molecular weight excluding hydrogens is 244 g/mol. The number of phenols is 1. The van der Waals surface area contributed by atoms with Gasteiger partial charge in [-0.1, -0.05) is 0 Å². The molecule has 0 bridgehead atoms. The van der Waals surface area contributed by atoms with Crippen LogP contribution in [0.15, 0.2) is 18.2 Å². The molecule has 104 valence electrons. The van der Waals surface area contributed by atoms with Crippen molar-refractivity contribution >= 4 is 5.91 Å². The summed E-state index contributed by atoms with van der Waals surface area (Å²) < 4.78 is 4.94. The highest BCUT2D eigenvalue weighted by atomic mass is 16.5. The minimum Gasteiger partial charge on any atom is -0.504 e. The molecule has 1 aromatic rings. The van der Waals surface area contributed by atoms with Gasteiger partial charge in [-0.25, -0.2) is 0 Å². The zero-order valence-electron chi connectivity index (χ0n) is 11.1. The number of nitrogens with one attached hydrogen (secondary N) is 2. The fourth-order valence-corrected chi connectivity index (χ4v) is 2.30. The highest BCUT2D eigenvalue weighted by Gasteiger charge is 2.14. The van der Waals surface area contributed by atoms with Crippen LogP contribution in [0.5, 0.6) is 11.5 Å². The highest BCUT2D eigenvalue weighted by molar-refractivity contribution is 5.94. The second kappa shape index (κ2) is 6.43. The van der Waals surface area contributed by atoms with E-state index in [9.17, 15) is 9.90 Å². The van der Waals surface area contributed by atoms with Crippen LogP contribution in [0.2, 0.25) is 0 Å². The first-order chi connectivity index (χ1) is 9.20. The molecular formula is C14H20N2O3. The van der Waals surface area contributed by atoms with E-state index in [-0.39, 0.29) is 11.7 Å². The quantitative estimate of drug-likeness (QED) is 0.749. The Labute approximate surface area is 113 Å². The zero-order valence-corrected chi connectivity index (χ0v) is 11.1. The molecule has 0 unspecified atom stereocenters. The number of hydrogen-bond acceptors (Lipinski definition) is 4. The van der Waals surface area contributed by atoms with E-state index in [2.05, 4.69) is 10.6 Å². The molecule has 0 spiro atoms. The Morgan fingerprint density at radius 3 is 3.05 bits per heavy atom. The highest BCUT2D eigenvalue weighted by Crippen LogP contribution is 2.26. The lowest BCUT2D eigenvalue weighted by atomic mass is 10.1. The van der Waals surface area contributed by atoms with Gasteiger partial charge in [0.05, 0.1) is 7.11 Å². The van der Waals surface area contributed by atoms with Gasteiger partial charge in [-0.3, -0.25) is 4.79 Å². The van der Waals surface area contributed by atoms with Crippen molar-refractivity contribution in [3.63, 3.8) is 0 Å². The average Bonchev–Trinajstić information content (AvgIpc) is 2.91. The lowest BCUT2D eigenvalue weighted by molar-refractivity contribution is 0.0952. The van der Waals surface area contributed by atoms with Crippen molar-refractivity contribution in [3.8, 4) is 11.5 Å².